The Hall–Kier alpha value is -3.91. The van der Waals surface area contributed by atoms with Gasteiger partial charge in [0.15, 0.2) is 0 Å². The highest BCUT2D eigenvalue weighted by Crippen LogP contribution is 2.58. The molecule has 0 unspecified atom stereocenters. The van der Waals surface area contributed by atoms with Gasteiger partial charge in [-0.3, -0.25) is 9.69 Å². The molecule has 3 aliphatic rings. The summed E-state index contributed by atoms with van der Waals surface area (Å²) in [5.41, 5.74) is 15.4. The highest BCUT2D eigenvalue weighted by Gasteiger charge is 2.57. The average molecular weight is 582 g/mol. The van der Waals surface area contributed by atoms with Crippen LogP contribution >= 0.6 is 0 Å². The molecule has 7 heteroatoms. The molecular weight excluding hydrogens is 538 g/mol. The second-order valence-corrected chi connectivity index (χ2v) is 12.4. The Bertz CT molecular complexity index is 1600. The van der Waals surface area contributed by atoms with Crippen LogP contribution in [0.4, 0.5) is 0 Å². The molecule has 0 bridgehead atoms. The molecule has 0 heterocycles. The number of carbonyl (C=O) groups excluding carboxylic acids is 1. The standard InChI is InChI=1S/C36H43N3O4/c1-19-9-14-27(25-12-10-24(11-13-25)17-38-18-30(40)43-8)28-15-26-16-29-34(39(6)7)35(41)33(23(5)37)22(4)36(29,42)21(3)32(26)20(2)31(19)28/h9-14,26,29,34,38,41-42H,2,4-5,15-18,37H2,1,3,6-8H3/t26-,29-,34+,36-/m0/s1. The first kappa shape index (κ1) is 30.5. The van der Waals surface area contributed by atoms with Gasteiger partial charge in [0, 0.05) is 23.7 Å². The number of hydrogen-bond donors (Lipinski definition) is 4. The summed E-state index contributed by atoms with van der Waals surface area (Å²) in [4.78, 5) is 13.4. The molecule has 2 aromatic carbocycles. The minimum atomic E-state index is -1.39. The molecule has 0 amide bonds. The number of nitrogens with two attached hydrogens (primary N) is 1. The van der Waals surface area contributed by atoms with Crippen molar-refractivity contribution in [3.05, 3.63) is 112 Å². The number of methoxy groups -OCH3 is 1. The van der Waals surface area contributed by atoms with E-state index >= 15 is 0 Å². The number of allylic oxidation sites excluding steroid dienone is 3. The van der Waals surface area contributed by atoms with Gasteiger partial charge in [-0.1, -0.05) is 56.1 Å². The van der Waals surface area contributed by atoms with Crippen molar-refractivity contribution in [2.75, 3.05) is 27.7 Å². The Morgan fingerprint density at radius 3 is 2.44 bits per heavy atom. The zero-order chi connectivity index (χ0) is 31.4. The normalized spacial score (nSPS) is 25.0. The maximum atomic E-state index is 12.5. The third-order valence-corrected chi connectivity index (χ3v) is 9.71. The van der Waals surface area contributed by atoms with Crippen LogP contribution in [0.3, 0.4) is 0 Å². The van der Waals surface area contributed by atoms with Gasteiger partial charge in [0.05, 0.1) is 19.7 Å². The predicted octanol–water partition coefficient (Wildman–Crippen LogP) is 4.96. The van der Waals surface area contributed by atoms with E-state index in [0.29, 0.717) is 24.1 Å². The fourth-order valence-electron chi connectivity index (χ4n) is 7.73. The van der Waals surface area contributed by atoms with E-state index in [9.17, 15) is 15.0 Å². The summed E-state index contributed by atoms with van der Waals surface area (Å²) < 4.78 is 4.70. The lowest BCUT2D eigenvalue weighted by Crippen LogP contribution is -2.58. The molecular formula is C36H43N3O4. The Balaban J connectivity index is 1.56. The number of rotatable bonds is 7. The third kappa shape index (κ3) is 4.85. The summed E-state index contributed by atoms with van der Waals surface area (Å²) in [6.07, 6.45) is 1.44. The van der Waals surface area contributed by atoms with E-state index in [1.54, 1.807) is 0 Å². The Labute approximate surface area is 254 Å². The molecule has 7 nitrogen and oxygen atoms in total. The van der Waals surface area contributed by atoms with Crippen molar-refractivity contribution >= 4 is 11.5 Å². The van der Waals surface area contributed by atoms with E-state index in [4.69, 9.17) is 10.5 Å². The second kappa shape index (κ2) is 11.3. The van der Waals surface area contributed by atoms with Crippen molar-refractivity contribution < 1.29 is 19.7 Å². The number of aliphatic hydroxyl groups is 2. The number of aliphatic hydroxyl groups excluding tert-OH is 1. The van der Waals surface area contributed by atoms with Crippen LogP contribution in [0.5, 0.6) is 0 Å². The van der Waals surface area contributed by atoms with Crippen LogP contribution in [0.15, 0.2) is 89.9 Å². The van der Waals surface area contributed by atoms with Gasteiger partial charge in [0.25, 0.3) is 0 Å². The summed E-state index contributed by atoms with van der Waals surface area (Å²) in [5.74, 6) is -0.399. The molecule has 0 spiro atoms. The van der Waals surface area contributed by atoms with Crippen LogP contribution in [0, 0.1) is 18.8 Å². The molecule has 0 saturated carbocycles. The molecule has 0 fully saturated rings. The van der Waals surface area contributed by atoms with Gasteiger partial charge in [-0.2, -0.15) is 0 Å². The number of benzene rings is 2. The lowest BCUT2D eigenvalue weighted by molar-refractivity contribution is -0.139. The maximum absolute atomic E-state index is 12.5. The number of hydrogen-bond acceptors (Lipinski definition) is 7. The van der Waals surface area contributed by atoms with Crippen molar-refractivity contribution in [1.29, 1.82) is 0 Å². The van der Waals surface area contributed by atoms with Gasteiger partial charge in [0.1, 0.15) is 11.4 Å². The van der Waals surface area contributed by atoms with Gasteiger partial charge < -0.3 is 26.0 Å². The third-order valence-electron chi connectivity index (χ3n) is 9.71. The average Bonchev–Trinajstić information content (AvgIpc) is 2.95. The van der Waals surface area contributed by atoms with E-state index in [1.807, 2.05) is 25.9 Å². The zero-order valence-corrected chi connectivity index (χ0v) is 25.9. The molecule has 0 aliphatic heterocycles. The minimum absolute atomic E-state index is 0.110. The summed E-state index contributed by atoms with van der Waals surface area (Å²) in [5, 5.41) is 27.0. The minimum Gasteiger partial charge on any atom is -0.510 e. The largest absolute Gasteiger partial charge is 0.510 e. The topological polar surface area (TPSA) is 108 Å². The number of esters is 1. The van der Waals surface area contributed by atoms with Crippen molar-refractivity contribution in [2.45, 2.75) is 44.9 Å². The van der Waals surface area contributed by atoms with Crippen molar-refractivity contribution in [3.63, 3.8) is 0 Å². The van der Waals surface area contributed by atoms with Crippen LogP contribution in [0.25, 0.3) is 16.7 Å². The summed E-state index contributed by atoms with van der Waals surface area (Å²) in [6, 6.07) is 12.3. The van der Waals surface area contributed by atoms with E-state index < -0.39 is 11.6 Å². The van der Waals surface area contributed by atoms with Gasteiger partial charge in [-0.15, -0.1) is 0 Å². The van der Waals surface area contributed by atoms with Crippen LogP contribution in [-0.4, -0.2) is 60.5 Å². The number of aryl methyl sites for hydroxylation is 1. The van der Waals surface area contributed by atoms with Crippen LogP contribution in [-0.2, 0) is 22.5 Å². The quantitative estimate of drug-likeness (QED) is 0.342. The lowest BCUT2D eigenvalue weighted by atomic mass is 9.55. The van der Waals surface area contributed by atoms with Gasteiger partial charge in [-0.05, 0) is 102 Å². The smallest absolute Gasteiger partial charge is 0.319 e. The maximum Gasteiger partial charge on any atom is 0.319 e. The molecule has 4 atom stereocenters. The van der Waals surface area contributed by atoms with E-state index in [0.717, 1.165) is 51.0 Å². The van der Waals surface area contributed by atoms with Crippen LogP contribution < -0.4 is 11.1 Å². The van der Waals surface area contributed by atoms with E-state index in [1.165, 1.54) is 12.7 Å². The Morgan fingerprint density at radius 1 is 1.16 bits per heavy atom. The summed E-state index contributed by atoms with van der Waals surface area (Å²) >= 11 is 0. The second-order valence-electron chi connectivity index (χ2n) is 12.4. The zero-order valence-electron chi connectivity index (χ0n) is 25.9. The van der Waals surface area contributed by atoms with Crippen molar-refractivity contribution in [2.24, 2.45) is 17.6 Å². The van der Waals surface area contributed by atoms with Crippen molar-refractivity contribution in [3.8, 4) is 11.1 Å². The highest BCUT2D eigenvalue weighted by atomic mass is 16.5. The molecule has 226 valence electrons. The van der Waals surface area contributed by atoms with E-state index in [2.05, 4.69) is 68.4 Å². The highest BCUT2D eigenvalue weighted by molar-refractivity contribution is 5.89. The fraction of sp³-hybridized carbons (Fsp3) is 0.361. The molecule has 0 aromatic heterocycles. The molecule has 43 heavy (non-hydrogen) atoms. The predicted molar refractivity (Wildman–Crippen MR) is 172 cm³/mol. The molecule has 5 rings (SSSR count). The number of carbonyl (C=O) groups is 1. The molecule has 2 aromatic rings. The molecule has 0 radical (unpaired) electrons. The number of ether oxygens (including phenoxy) is 1. The first-order chi connectivity index (χ1) is 20.3. The van der Waals surface area contributed by atoms with Gasteiger partial charge in [-0.25, -0.2) is 0 Å². The molecule has 0 saturated heterocycles. The van der Waals surface area contributed by atoms with Gasteiger partial charge in [0.2, 0.25) is 0 Å². The fourth-order valence-corrected chi connectivity index (χ4v) is 7.73. The SMILES string of the molecule is C=C(N)C1=C(O)[C@H](N(C)C)[C@@H]2C[C@@H]3Cc4c(-c5ccc(CNCC(=O)OC)cc5)ccc(C)c4C(=C)C3=C(C)[C@]2(O)C1=C. The van der Waals surface area contributed by atoms with E-state index in [-0.39, 0.29) is 35.8 Å². The van der Waals surface area contributed by atoms with Crippen LogP contribution in [0.1, 0.15) is 35.6 Å². The first-order valence-electron chi connectivity index (χ1n) is 14.7. The lowest BCUT2D eigenvalue weighted by Gasteiger charge is -2.54. The Kier molecular flexibility index (Phi) is 8.03. The summed E-state index contributed by atoms with van der Waals surface area (Å²) in [6.45, 7) is 17.6. The molecule has 5 N–H and O–H groups in total. The van der Waals surface area contributed by atoms with Crippen molar-refractivity contribution in [1.82, 2.24) is 10.2 Å². The Morgan fingerprint density at radius 2 is 1.84 bits per heavy atom. The number of fused-ring (bicyclic) bond motifs is 3. The van der Waals surface area contributed by atoms with Gasteiger partial charge >= 0.3 is 5.97 Å². The number of nitrogens with zero attached hydrogens (tertiary/aromatic N) is 1. The monoisotopic (exact) mass is 581 g/mol. The number of likely N-dealkylation sites (N-methyl/N-ethyl adjacent to an activating group) is 1. The first-order valence-corrected chi connectivity index (χ1v) is 14.7. The summed E-state index contributed by atoms with van der Waals surface area (Å²) in [7, 11) is 5.20. The number of nitrogens with one attached hydrogen (secondary N) is 1. The molecule has 3 aliphatic carbocycles. The van der Waals surface area contributed by atoms with Crippen LogP contribution in [0.2, 0.25) is 0 Å².